The van der Waals surface area contributed by atoms with Crippen molar-refractivity contribution in [3.8, 4) is 0 Å². The number of carbonyl (C=O) groups excluding carboxylic acids is 1. The highest BCUT2D eigenvalue weighted by atomic mass is 32.2. The molecule has 0 aliphatic heterocycles. The molecule has 5 heteroatoms. The van der Waals surface area contributed by atoms with Crippen molar-refractivity contribution in [1.29, 1.82) is 0 Å². The zero-order valence-electron chi connectivity index (χ0n) is 16.4. The molecule has 0 unspecified atom stereocenters. The highest BCUT2D eigenvalue weighted by Gasteiger charge is 2.29. The highest BCUT2D eigenvalue weighted by molar-refractivity contribution is 7.91. The Morgan fingerprint density at radius 3 is 2.56 bits per heavy atom. The van der Waals surface area contributed by atoms with Crippen molar-refractivity contribution in [2.75, 3.05) is 5.75 Å². The molecule has 1 fully saturated rings. The third-order valence-electron chi connectivity index (χ3n) is 6.03. The van der Waals surface area contributed by atoms with Gasteiger partial charge in [0.2, 0.25) is 0 Å². The van der Waals surface area contributed by atoms with Gasteiger partial charge >= 0.3 is 0 Å². The topological polar surface area (TPSA) is 67.0 Å². The summed E-state index contributed by atoms with van der Waals surface area (Å²) in [5.41, 5.74) is 2.43. The minimum absolute atomic E-state index is 0.131. The van der Waals surface area contributed by atoms with Crippen molar-refractivity contribution in [2.24, 2.45) is 11.8 Å². The molecular weight excluding hydrogens is 358 g/mol. The first-order chi connectivity index (χ1) is 12.9. The Morgan fingerprint density at radius 1 is 1.15 bits per heavy atom. The summed E-state index contributed by atoms with van der Waals surface area (Å²) < 4.78 is 24.2. The Kier molecular flexibility index (Phi) is 6.40. The van der Waals surface area contributed by atoms with Crippen LogP contribution in [0.5, 0.6) is 0 Å². The first-order valence-corrected chi connectivity index (χ1v) is 11.9. The van der Waals surface area contributed by atoms with Gasteiger partial charge in [-0.15, -0.1) is 0 Å². The van der Waals surface area contributed by atoms with Gasteiger partial charge in [0.15, 0.2) is 9.84 Å². The van der Waals surface area contributed by atoms with Crippen LogP contribution in [0.25, 0.3) is 10.9 Å². The number of para-hydroxylation sites is 1. The van der Waals surface area contributed by atoms with Gasteiger partial charge in [-0.2, -0.15) is 0 Å². The van der Waals surface area contributed by atoms with Crippen LogP contribution >= 0.6 is 0 Å². The van der Waals surface area contributed by atoms with E-state index in [4.69, 9.17) is 0 Å². The molecule has 1 aliphatic carbocycles. The maximum Gasteiger partial charge on any atom is 0.152 e. The van der Waals surface area contributed by atoms with E-state index >= 15 is 0 Å². The standard InChI is InChI=1S/C22H31NO3S/c1-16(2)27(25,26)15-17-10-12-18(13-11-17)22(24)9-5-6-19-14-23-21-8-4-3-7-20(19)21/h3-4,7-8,14,16-18,23H,5-6,9-13,15H2,1-2H3. The fourth-order valence-electron chi connectivity index (χ4n) is 4.17. The minimum Gasteiger partial charge on any atom is -0.361 e. The van der Waals surface area contributed by atoms with Crippen LogP contribution in [0.1, 0.15) is 57.9 Å². The summed E-state index contributed by atoms with van der Waals surface area (Å²) in [4.78, 5) is 15.9. The number of aryl methyl sites for hydroxylation is 1. The summed E-state index contributed by atoms with van der Waals surface area (Å²) in [7, 11) is -2.98. The van der Waals surface area contributed by atoms with Gasteiger partial charge < -0.3 is 4.98 Å². The first-order valence-electron chi connectivity index (χ1n) is 10.2. The van der Waals surface area contributed by atoms with Gasteiger partial charge in [-0.25, -0.2) is 8.42 Å². The summed E-state index contributed by atoms with van der Waals surface area (Å²) >= 11 is 0. The molecule has 0 radical (unpaired) electrons. The number of carbonyl (C=O) groups is 1. The quantitative estimate of drug-likeness (QED) is 0.712. The van der Waals surface area contributed by atoms with Gasteiger partial charge in [0.05, 0.1) is 11.0 Å². The molecule has 0 bridgehead atoms. The largest absolute Gasteiger partial charge is 0.361 e. The van der Waals surface area contributed by atoms with Crippen molar-refractivity contribution in [3.05, 3.63) is 36.0 Å². The monoisotopic (exact) mass is 389 g/mol. The van der Waals surface area contributed by atoms with Crippen LogP contribution in [0.15, 0.2) is 30.5 Å². The predicted molar refractivity (Wildman–Crippen MR) is 111 cm³/mol. The number of ketones is 1. The summed E-state index contributed by atoms with van der Waals surface area (Å²) in [6, 6.07) is 8.26. The van der Waals surface area contributed by atoms with Crippen LogP contribution in [0.4, 0.5) is 0 Å². The number of hydrogen-bond acceptors (Lipinski definition) is 3. The minimum atomic E-state index is -2.98. The number of fused-ring (bicyclic) bond motifs is 1. The van der Waals surface area contributed by atoms with Crippen molar-refractivity contribution in [3.63, 3.8) is 0 Å². The zero-order chi connectivity index (χ0) is 19.4. The second-order valence-corrected chi connectivity index (χ2v) is 10.9. The Labute approximate surface area is 162 Å². The summed E-state index contributed by atoms with van der Waals surface area (Å²) in [5.74, 6) is 1.00. The number of rotatable bonds is 8. The second-order valence-electron chi connectivity index (χ2n) is 8.28. The number of Topliss-reactive ketones (excluding diaryl/α,β-unsaturated/α-hetero) is 1. The molecule has 2 aromatic rings. The summed E-state index contributed by atoms with van der Waals surface area (Å²) in [6.07, 6.45) is 7.90. The van der Waals surface area contributed by atoms with E-state index in [1.807, 2.05) is 12.1 Å². The molecule has 3 rings (SSSR count). The van der Waals surface area contributed by atoms with Crippen LogP contribution in [-0.4, -0.2) is 30.2 Å². The fourth-order valence-corrected chi connectivity index (χ4v) is 5.54. The molecule has 1 saturated carbocycles. The van der Waals surface area contributed by atoms with Crippen LogP contribution < -0.4 is 0 Å². The Bertz CT molecular complexity index is 874. The molecule has 0 spiro atoms. The zero-order valence-corrected chi connectivity index (χ0v) is 17.2. The van der Waals surface area contributed by atoms with Crippen LogP contribution in [0, 0.1) is 11.8 Å². The molecule has 1 aromatic heterocycles. The number of sulfone groups is 1. The molecule has 27 heavy (non-hydrogen) atoms. The highest BCUT2D eigenvalue weighted by Crippen LogP contribution is 2.32. The third kappa shape index (κ3) is 5.01. The van der Waals surface area contributed by atoms with E-state index in [0.717, 1.165) is 44.0 Å². The molecule has 1 heterocycles. The predicted octanol–water partition coefficient (Wildman–Crippen LogP) is 4.69. The number of H-pyrrole nitrogens is 1. The van der Waals surface area contributed by atoms with E-state index in [-0.39, 0.29) is 22.8 Å². The lowest BCUT2D eigenvalue weighted by molar-refractivity contribution is -0.124. The van der Waals surface area contributed by atoms with Gasteiger partial charge in [0.1, 0.15) is 5.78 Å². The van der Waals surface area contributed by atoms with Crippen molar-refractivity contribution in [1.82, 2.24) is 4.98 Å². The summed E-state index contributed by atoms with van der Waals surface area (Å²) in [6.45, 7) is 3.50. The number of hydrogen-bond donors (Lipinski definition) is 1. The van der Waals surface area contributed by atoms with Crippen LogP contribution in [0.3, 0.4) is 0 Å². The fraction of sp³-hybridized carbons (Fsp3) is 0.591. The lowest BCUT2D eigenvalue weighted by Crippen LogP contribution is -2.28. The third-order valence-corrected chi connectivity index (χ3v) is 8.41. The molecule has 4 nitrogen and oxygen atoms in total. The van der Waals surface area contributed by atoms with Crippen molar-refractivity contribution < 1.29 is 13.2 Å². The van der Waals surface area contributed by atoms with Gasteiger partial charge in [-0.3, -0.25) is 4.79 Å². The van der Waals surface area contributed by atoms with Crippen molar-refractivity contribution >= 4 is 26.5 Å². The van der Waals surface area contributed by atoms with Crippen molar-refractivity contribution in [2.45, 2.75) is 64.0 Å². The number of benzene rings is 1. The number of aromatic amines is 1. The Hall–Kier alpha value is -1.62. The average molecular weight is 390 g/mol. The van der Waals surface area contributed by atoms with Gasteiger partial charge in [0.25, 0.3) is 0 Å². The van der Waals surface area contributed by atoms with E-state index in [2.05, 4.69) is 23.3 Å². The lowest BCUT2D eigenvalue weighted by atomic mass is 9.80. The Balaban J connectivity index is 1.43. The first kappa shape index (κ1) is 20.1. The Morgan fingerprint density at radius 2 is 1.85 bits per heavy atom. The van der Waals surface area contributed by atoms with Crippen LogP contribution in [-0.2, 0) is 21.1 Å². The number of aromatic nitrogens is 1. The molecule has 1 aliphatic rings. The SMILES string of the molecule is CC(C)S(=O)(=O)CC1CCC(C(=O)CCCc2c[nH]c3ccccc23)CC1. The molecule has 1 N–H and O–H groups in total. The molecule has 0 saturated heterocycles. The molecule has 148 valence electrons. The van der Waals surface area contributed by atoms with E-state index in [0.29, 0.717) is 12.2 Å². The lowest BCUT2D eigenvalue weighted by Gasteiger charge is -2.28. The van der Waals surface area contributed by atoms with E-state index < -0.39 is 9.84 Å². The molecule has 1 aromatic carbocycles. The van der Waals surface area contributed by atoms with E-state index in [9.17, 15) is 13.2 Å². The van der Waals surface area contributed by atoms with Gasteiger partial charge in [-0.1, -0.05) is 18.2 Å². The second kappa shape index (κ2) is 8.59. The molecule has 0 atom stereocenters. The normalized spacial score (nSPS) is 21.0. The summed E-state index contributed by atoms with van der Waals surface area (Å²) in [5, 5.41) is 0.943. The maximum absolute atomic E-state index is 12.6. The van der Waals surface area contributed by atoms with Gasteiger partial charge in [0, 0.05) is 29.4 Å². The average Bonchev–Trinajstić information content (AvgIpc) is 3.05. The smallest absolute Gasteiger partial charge is 0.152 e. The van der Waals surface area contributed by atoms with E-state index in [1.165, 1.54) is 10.9 Å². The molecule has 0 amide bonds. The molecular formula is C22H31NO3S. The number of nitrogens with one attached hydrogen (secondary N) is 1. The maximum atomic E-state index is 12.6. The van der Waals surface area contributed by atoms with Gasteiger partial charge in [-0.05, 0) is 69.9 Å². The van der Waals surface area contributed by atoms with E-state index in [1.54, 1.807) is 13.8 Å². The van der Waals surface area contributed by atoms with Crippen LogP contribution in [0.2, 0.25) is 0 Å².